The number of nitrogens with one attached hydrogen (secondary N) is 2. The van der Waals surface area contributed by atoms with Crippen LogP contribution < -0.4 is 18.9 Å². The lowest BCUT2D eigenvalue weighted by Gasteiger charge is -2.09. The van der Waals surface area contributed by atoms with Gasteiger partial charge in [0.15, 0.2) is 11.5 Å². The smallest absolute Gasteiger partial charge is 0.418 e. The molecule has 17 heteroatoms. The van der Waals surface area contributed by atoms with Gasteiger partial charge in [0.1, 0.15) is 24.0 Å². The highest BCUT2D eigenvalue weighted by Crippen LogP contribution is 2.40. The molecule has 0 aliphatic heterocycles. The second-order valence-electron chi connectivity index (χ2n) is 7.39. The number of benzene rings is 2. The molecule has 0 aliphatic carbocycles. The van der Waals surface area contributed by atoms with Crippen LogP contribution in [0.25, 0.3) is 21.5 Å². The van der Waals surface area contributed by atoms with Gasteiger partial charge in [0.05, 0.1) is 34.8 Å². The van der Waals surface area contributed by atoms with Gasteiger partial charge in [-0.05, 0) is 24.3 Å². The molecule has 0 saturated carbocycles. The SMILES string of the molecule is COc1ccc(S(=O)(=O)NC(=O)O)c2coc(C(=O)c3occ4c(S(=O)(=O)NC(=O)O)ccc(OC)c34)c12. The Hall–Kier alpha value is -4.77. The van der Waals surface area contributed by atoms with E-state index >= 15 is 0 Å². The quantitative estimate of drug-likeness (QED) is 0.224. The van der Waals surface area contributed by atoms with E-state index in [0.717, 1.165) is 24.7 Å². The molecular formula is C21H16N2O13S2. The van der Waals surface area contributed by atoms with Crippen molar-refractivity contribution < 1.29 is 59.7 Å². The monoisotopic (exact) mass is 568 g/mol. The van der Waals surface area contributed by atoms with Gasteiger partial charge in [-0.2, -0.15) is 0 Å². The molecule has 38 heavy (non-hydrogen) atoms. The number of amides is 2. The first-order valence-corrected chi connectivity index (χ1v) is 13.0. The second-order valence-corrected chi connectivity index (χ2v) is 10.7. The van der Waals surface area contributed by atoms with Gasteiger partial charge in [-0.25, -0.2) is 35.9 Å². The Morgan fingerprint density at radius 1 is 0.711 bits per heavy atom. The van der Waals surface area contributed by atoms with Gasteiger partial charge in [-0.1, -0.05) is 0 Å². The maximum absolute atomic E-state index is 13.6. The van der Waals surface area contributed by atoms with Crippen molar-refractivity contribution in [3.63, 3.8) is 0 Å². The van der Waals surface area contributed by atoms with E-state index in [9.17, 15) is 31.2 Å². The summed E-state index contributed by atoms with van der Waals surface area (Å²) in [5.74, 6) is -1.99. The Bertz CT molecular complexity index is 1720. The first-order chi connectivity index (χ1) is 17.8. The molecule has 2 heterocycles. The summed E-state index contributed by atoms with van der Waals surface area (Å²) in [7, 11) is -6.72. The van der Waals surface area contributed by atoms with E-state index in [-0.39, 0.29) is 33.0 Å². The molecule has 2 aromatic carbocycles. The van der Waals surface area contributed by atoms with Gasteiger partial charge in [-0.3, -0.25) is 4.79 Å². The lowest BCUT2D eigenvalue weighted by Crippen LogP contribution is -2.28. The van der Waals surface area contributed by atoms with E-state index in [4.69, 9.17) is 28.5 Å². The number of carboxylic acid groups (broad SMARTS) is 2. The molecule has 0 spiro atoms. The minimum absolute atomic E-state index is 0.0110. The number of rotatable bonds is 8. The van der Waals surface area contributed by atoms with Crippen molar-refractivity contribution in [3.05, 3.63) is 48.3 Å². The van der Waals surface area contributed by atoms with Crippen molar-refractivity contribution in [1.29, 1.82) is 0 Å². The predicted octanol–water partition coefficient (Wildman–Crippen LogP) is 2.34. The van der Waals surface area contributed by atoms with Crippen LogP contribution in [0, 0.1) is 0 Å². The van der Waals surface area contributed by atoms with Gasteiger partial charge < -0.3 is 28.5 Å². The van der Waals surface area contributed by atoms with Crippen molar-refractivity contribution in [2.75, 3.05) is 14.2 Å². The van der Waals surface area contributed by atoms with E-state index in [1.165, 1.54) is 35.8 Å². The van der Waals surface area contributed by atoms with Crippen LogP contribution in [-0.2, 0) is 20.0 Å². The fourth-order valence-electron chi connectivity index (χ4n) is 3.80. The molecule has 0 fully saturated rings. The van der Waals surface area contributed by atoms with E-state index in [1.54, 1.807) is 0 Å². The number of hydrogen-bond acceptors (Lipinski definition) is 11. The summed E-state index contributed by atoms with van der Waals surface area (Å²) in [4.78, 5) is 34.4. The number of furan rings is 2. The number of ketones is 1. The normalized spacial score (nSPS) is 11.8. The zero-order valence-electron chi connectivity index (χ0n) is 19.2. The number of ether oxygens (including phenoxy) is 2. The standard InChI is InChI=1S/C21H16N2O13S2/c1-33-11-3-5-13(37(29,30)22-20(25)26)9-7-35-18(15(9)11)17(24)19-16-10(8-36-19)14(6-4-12(16)34-2)38(31,32)23-21(27)28/h3-8,22-23H,1-2H3,(H,25,26)(H,27,28). The second kappa shape index (κ2) is 9.27. The molecule has 0 bridgehead atoms. The lowest BCUT2D eigenvalue weighted by molar-refractivity contribution is 0.0986. The molecule has 0 radical (unpaired) electrons. The topological polar surface area (TPSA) is 229 Å². The van der Waals surface area contributed by atoms with Crippen molar-refractivity contribution >= 4 is 59.6 Å². The minimum Gasteiger partial charge on any atom is -0.496 e. The van der Waals surface area contributed by atoms with Crippen molar-refractivity contribution in [1.82, 2.24) is 9.44 Å². The van der Waals surface area contributed by atoms with E-state index < -0.39 is 59.3 Å². The first-order valence-electron chi connectivity index (χ1n) is 10.0. The van der Waals surface area contributed by atoms with E-state index in [0.29, 0.717) is 0 Å². The Labute approximate surface area is 212 Å². The average Bonchev–Trinajstić information content (AvgIpc) is 3.46. The third-order valence-electron chi connectivity index (χ3n) is 5.25. The largest absolute Gasteiger partial charge is 0.496 e. The number of methoxy groups -OCH3 is 2. The van der Waals surface area contributed by atoms with Crippen molar-refractivity contribution in [2.24, 2.45) is 0 Å². The fourth-order valence-corrected chi connectivity index (χ4v) is 5.86. The molecular weight excluding hydrogens is 552 g/mol. The molecule has 0 saturated heterocycles. The summed E-state index contributed by atoms with van der Waals surface area (Å²) < 4.78 is 74.1. The van der Waals surface area contributed by atoms with Crippen LogP contribution in [0.15, 0.2) is 55.4 Å². The van der Waals surface area contributed by atoms with Gasteiger partial charge in [0.2, 0.25) is 0 Å². The maximum atomic E-state index is 13.6. The summed E-state index contributed by atoms with van der Waals surface area (Å²) in [6.07, 6.45) is -1.88. The summed E-state index contributed by atoms with van der Waals surface area (Å²) >= 11 is 0. The lowest BCUT2D eigenvalue weighted by atomic mass is 10.1. The molecule has 0 aliphatic rings. The third-order valence-corrected chi connectivity index (χ3v) is 8.01. The van der Waals surface area contributed by atoms with Crippen LogP contribution in [0.5, 0.6) is 11.5 Å². The Morgan fingerprint density at radius 2 is 1.08 bits per heavy atom. The molecule has 4 N–H and O–H groups in total. The highest BCUT2D eigenvalue weighted by atomic mass is 32.2. The summed E-state index contributed by atoms with van der Waals surface area (Å²) in [6.45, 7) is 0. The fraction of sp³-hybridized carbons (Fsp3) is 0.0952. The van der Waals surface area contributed by atoms with E-state index in [2.05, 4.69) is 0 Å². The number of carbonyl (C=O) groups is 3. The van der Waals surface area contributed by atoms with Crippen molar-refractivity contribution in [3.8, 4) is 11.5 Å². The number of sulfonamides is 2. The van der Waals surface area contributed by atoms with E-state index in [1.807, 2.05) is 0 Å². The third kappa shape index (κ3) is 4.33. The predicted molar refractivity (Wildman–Crippen MR) is 126 cm³/mol. The van der Waals surface area contributed by atoms with Crippen LogP contribution in [0.1, 0.15) is 16.3 Å². The van der Waals surface area contributed by atoms with Crippen LogP contribution in [0.3, 0.4) is 0 Å². The molecule has 2 aromatic heterocycles. The van der Waals surface area contributed by atoms with Gasteiger partial charge in [0.25, 0.3) is 25.8 Å². The van der Waals surface area contributed by atoms with Crippen LogP contribution in [-0.4, -0.2) is 59.2 Å². The summed E-state index contributed by atoms with van der Waals surface area (Å²) in [6, 6.07) is 4.45. The molecule has 2 amide bonds. The van der Waals surface area contributed by atoms with Gasteiger partial charge in [0, 0.05) is 10.8 Å². The zero-order valence-corrected chi connectivity index (χ0v) is 20.8. The Morgan fingerprint density at radius 3 is 1.39 bits per heavy atom. The van der Waals surface area contributed by atoms with Gasteiger partial charge in [-0.15, -0.1) is 0 Å². The number of carbonyl (C=O) groups excluding carboxylic acids is 1. The highest BCUT2D eigenvalue weighted by molar-refractivity contribution is 7.90. The minimum atomic E-state index is -4.60. The number of fused-ring (bicyclic) bond motifs is 2. The molecule has 4 rings (SSSR count). The first kappa shape index (κ1) is 26.3. The van der Waals surface area contributed by atoms with Gasteiger partial charge >= 0.3 is 12.2 Å². The van der Waals surface area contributed by atoms with Crippen LogP contribution in [0.2, 0.25) is 0 Å². The molecule has 4 aromatic rings. The Kier molecular flexibility index (Phi) is 6.42. The Balaban J connectivity index is 1.96. The summed E-state index contributed by atoms with van der Waals surface area (Å²) in [5, 5.41) is 17.1. The summed E-state index contributed by atoms with van der Waals surface area (Å²) in [5.41, 5.74) is 0. The number of hydrogen-bond donors (Lipinski definition) is 4. The molecule has 15 nitrogen and oxygen atoms in total. The average molecular weight is 568 g/mol. The van der Waals surface area contributed by atoms with Crippen molar-refractivity contribution in [2.45, 2.75) is 9.79 Å². The highest BCUT2D eigenvalue weighted by Gasteiger charge is 2.32. The maximum Gasteiger partial charge on any atom is 0.418 e. The molecule has 0 atom stereocenters. The molecule has 200 valence electrons. The van der Waals surface area contributed by atoms with Crippen LogP contribution >= 0.6 is 0 Å². The molecule has 0 unspecified atom stereocenters. The zero-order chi connectivity index (χ0) is 28.0. The van der Waals surface area contributed by atoms with Crippen LogP contribution in [0.4, 0.5) is 9.59 Å².